The highest BCUT2D eigenvalue weighted by atomic mass is 16.3. The van der Waals surface area contributed by atoms with Gasteiger partial charge in [0.15, 0.2) is 0 Å². The van der Waals surface area contributed by atoms with Crippen LogP contribution in [0.15, 0.2) is 28.7 Å². The molecule has 1 aromatic heterocycles. The van der Waals surface area contributed by atoms with Crippen LogP contribution in [-0.4, -0.2) is 22.9 Å². The third-order valence-electron chi connectivity index (χ3n) is 2.58. The number of benzene rings is 1. The first-order chi connectivity index (χ1) is 8.10. The van der Waals surface area contributed by atoms with Crippen LogP contribution in [0.1, 0.15) is 25.6 Å². The Labute approximate surface area is 99.9 Å². The van der Waals surface area contributed by atoms with Crippen LogP contribution < -0.4 is 5.32 Å². The molecule has 0 saturated heterocycles. The van der Waals surface area contributed by atoms with E-state index in [9.17, 15) is 10.2 Å². The summed E-state index contributed by atoms with van der Waals surface area (Å²) in [6.07, 6.45) is 0. The molecule has 3 N–H and O–H groups in total. The standard InChI is InChI=1S/C13H17NO3/c1-8(2)14-11(7-15)13-6-9-5-10(16)3-4-12(9)17-13/h3-6,8,11,14-16H,7H2,1-2H3. The Balaban J connectivity index is 2.34. The smallest absolute Gasteiger partial charge is 0.134 e. The van der Waals surface area contributed by atoms with Gasteiger partial charge in [-0.25, -0.2) is 0 Å². The maximum atomic E-state index is 9.37. The molecule has 4 nitrogen and oxygen atoms in total. The zero-order valence-electron chi connectivity index (χ0n) is 9.97. The van der Waals surface area contributed by atoms with Crippen LogP contribution in [0.4, 0.5) is 0 Å². The second-order valence-corrected chi connectivity index (χ2v) is 4.43. The maximum absolute atomic E-state index is 9.37. The number of furan rings is 1. The van der Waals surface area contributed by atoms with Crippen molar-refractivity contribution < 1.29 is 14.6 Å². The quantitative estimate of drug-likeness (QED) is 0.760. The lowest BCUT2D eigenvalue weighted by atomic mass is 10.2. The van der Waals surface area contributed by atoms with E-state index in [1.165, 1.54) is 0 Å². The highest BCUT2D eigenvalue weighted by Gasteiger charge is 2.16. The van der Waals surface area contributed by atoms with E-state index in [2.05, 4.69) is 5.32 Å². The van der Waals surface area contributed by atoms with Gasteiger partial charge >= 0.3 is 0 Å². The van der Waals surface area contributed by atoms with Crippen molar-refractivity contribution in [1.82, 2.24) is 5.32 Å². The Hall–Kier alpha value is -1.52. The average Bonchev–Trinajstić information content (AvgIpc) is 2.68. The number of rotatable bonds is 4. The molecule has 0 aliphatic carbocycles. The van der Waals surface area contributed by atoms with E-state index >= 15 is 0 Å². The lowest BCUT2D eigenvalue weighted by molar-refractivity contribution is 0.221. The van der Waals surface area contributed by atoms with Crippen LogP contribution in [0.2, 0.25) is 0 Å². The normalized spacial score (nSPS) is 13.4. The van der Waals surface area contributed by atoms with Gasteiger partial charge in [-0.1, -0.05) is 13.8 Å². The average molecular weight is 235 g/mol. The van der Waals surface area contributed by atoms with Gasteiger partial charge in [0.05, 0.1) is 12.6 Å². The summed E-state index contributed by atoms with van der Waals surface area (Å²) in [5.74, 6) is 0.893. The lowest BCUT2D eigenvalue weighted by Gasteiger charge is -2.16. The molecule has 1 atom stereocenters. The molecule has 2 aromatic rings. The van der Waals surface area contributed by atoms with Crippen molar-refractivity contribution in [1.29, 1.82) is 0 Å². The Bertz CT molecular complexity index is 504. The lowest BCUT2D eigenvalue weighted by Crippen LogP contribution is -2.30. The highest BCUT2D eigenvalue weighted by Crippen LogP contribution is 2.26. The fourth-order valence-electron chi connectivity index (χ4n) is 1.85. The predicted octanol–water partition coefficient (Wildman–Crippen LogP) is 2.17. The summed E-state index contributed by atoms with van der Waals surface area (Å²) in [5, 5.41) is 22.8. The van der Waals surface area contributed by atoms with E-state index < -0.39 is 0 Å². The first kappa shape index (κ1) is 12.0. The third kappa shape index (κ3) is 2.60. The van der Waals surface area contributed by atoms with E-state index in [1.807, 2.05) is 19.9 Å². The SMILES string of the molecule is CC(C)NC(CO)c1cc2cc(O)ccc2o1. The van der Waals surface area contributed by atoms with Crippen molar-refractivity contribution >= 4 is 11.0 Å². The molecule has 0 fully saturated rings. The molecule has 0 radical (unpaired) electrons. The maximum Gasteiger partial charge on any atom is 0.134 e. The summed E-state index contributed by atoms with van der Waals surface area (Å²) < 4.78 is 5.64. The molecule has 1 unspecified atom stereocenters. The summed E-state index contributed by atoms with van der Waals surface area (Å²) in [5.41, 5.74) is 0.710. The van der Waals surface area contributed by atoms with Gasteiger partial charge in [-0.3, -0.25) is 0 Å². The minimum atomic E-state index is -0.218. The van der Waals surface area contributed by atoms with E-state index in [0.29, 0.717) is 11.3 Å². The van der Waals surface area contributed by atoms with E-state index in [1.54, 1.807) is 18.2 Å². The number of hydrogen-bond donors (Lipinski definition) is 3. The fourth-order valence-corrected chi connectivity index (χ4v) is 1.85. The van der Waals surface area contributed by atoms with E-state index in [0.717, 1.165) is 5.39 Å². The molecule has 0 aliphatic heterocycles. The summed E-state index contributed by atoms with van der Waals surface area (Å²) in [6.45, 7) is 4.00. The van der Waals surface area contributed by atoms with Crippen LogP contribution in [0.5, 0.6) is 5.75 Å². The number of aliphatic hydroxyl groups excluding tert-OH is 1. The molecule has 0 bridgehead atoms. The first-order valence-electron chi connectivity index (χ1n) is 5.69. The van der Waals surface area contributed by atoms with Crippen LogP contribution in [0.25, 0.3) is 11.0 Å². The summed E-state index contributed by atoms with van der Waals surface area (Å²) in [4.78, 5) is 0. The topological polar surface area (TPSA) is 65.6 Å². The van der Waals surface area contributed by atoms with Gasteiger partial charge in [0.25, 0.3) is 0 Å². The molecule has 1 aromatic carbocycles. The molecule has 0 spiro atoms. The number of fused-ring (bicyclic) bond motifs is 1. The van der Waals surface area contributed by atoms with Gasteiger partial charge in [0.1, 0.15) is 17.1 Å². The third-order valence-corrected chi connectivity index (χ3v) is 2.58. The van der Waals surface area contributed by atoms with Crippen LogP contribution in [0.3, 0.4) is 0 Å². The monoisotopic (exact) mass is 235 g/mol. The zero-order valence-corrected chi connectivity index (χ0v) is 9.97. The summed E-state index contributed by atoms with van der Waals surface area (Å²) >= 11 is 0. The van der Waals surface area contributed by atoms with Crippen molar-refractivity contribution in [2.45, 2.75) is 25.9 Å². The molecular weight excluding hydrogens is 218 g/mol. The molecule has 1 heterocycles. The highest BCUT2D eigenvalue weighted by molar-refractivity contribution is 5.79. The molecule has 0 amide bonds. The molecule has 92 valence electrons. The number of aromatic hydroxyl groups is 1. The Kier molecular flexibility index (Phi) is 3.36. The molecular formula is C13H17NO3. The van der Waals surface area contributed by atoms with Crippen molar-refractivity contribution in [2.24, 2.45) is 0 Å². The van der Waals surface area contributed by atoms with Crippen molar-refractivity contribution in [3.63, 3.8) is 0 Å². The number of hydrogen-bond acceptors (Lipinski definition) is 4. The zero-order chi connectivity index (χ0) is 12.4. The Morgan fingerprint density at radius 1 is 1.29 bits per heavy atom. The Morgan fingerprint density at radius 3 is 2.71 bits per heavy atom. The minimum absolute atomic E-state index is 0.0238. The molecule has 0 aliphatic rings. The van der Waals surface area contributed by atoms with Gasteiger partial charge < -0.3 is 19.9 Å². The van der Waals surface area contributed by atoms with Gasteiger partial charge in [-0.05, 0) is 24.3 Å². The van der Waals surface area contributed by atoms with Crippen LogP contribution in [0, 0.1) is 0 Å². The molecule has 17 heavy (non-hydrogen) atoms. The van der Waals surface area contributed by atoms with Gasteiger partial charge in [-0.2, -0.15) is 0 Å². The van der Waals surface area contributed by atoms with Crippen LogP contribution in [-0.2, 0) is 0 Å². The van der Waals surface area contributed by atoms with Gasteiger partial charge in [0, 0.05) is 11.4 Å². The Morgan fingerprint density at radius 2 is 2.06 bits per heavy atom. The summed E-state index contributed by atoms with van der Waals surface area (Å²) in [7, 11) is 0. The summed E-state index contributed by atoms with van der Waals surface area (Å²) in [6, 6.07) is 6.83. The number of phenols is 1. The first-order valence-corrected chi connectivity index (χ1v) is 5.69. The van der Waals surface area contributed by atoms with Gasteiger partial charge in [-0.15, -0.1) is 0 Å². The molecule has 4 heteroatoms. The number of phenolic OH excluding ortho intramolecular Hbond substituents is 1. The number of nitrogens with one attached hydrogen (secondary N) is 1. The largest absolute Gasteiger partial charge is 0.508 e. The van der Waals surface area contributed by atoms with Crippen molar-refractivity contribution in [3.8, 4) is 5.75 Å². The second kappa shape index (κ2) is 4.77. The second-order valence-electron chi connectivity index (χ2n) is 4.43. The van der Waals surface area contributed by atoms with Gasteiger partial charge in [0.2, 0.25) is 0 Å². The van der Waals surface area contributed by atoms with E-state index in [4.69, 9.17) is 4.42 Å². The number of aliphatic hydroxyl groups is 1. The van der Waals surface area contributed by atoms with Crippen LogP contribution >= 0.6 is 0 Å². The predicted molar refractivity (Wildman–Crippen MR) is 66.0 cm³/mol. The molecule has 0 saturated carbocycles. The molecule has 2 rings (SSSR count). The minimum Gasteiger partial charge on any atom is -0.508 e. The van der Waals surface area contributed by atoms with E-state index in [-0.39, 0.29) is 24.4 Å². The fraction of sp³-hybridized carbons (Fsp3) is 0.385. The van der Waals surface area contributed by atoms with Crippen molar-refractivity contribution in [2.75, 3.05) is 6.61 Å². The van der Waals surface area contributed by atoms with Crippen molar-refractivity contribution in [3.05, 3.63) is 30.0 Å².